The monoisotopic (exact) mass is 220 g/mol. The molecule has 4 heteroatoms. The summed E-state index contributed by atoms with van der Waals surface area (Å²) in [7, 11) is 0. The summed E-state index contributed by atoms with van der Waals surface area (Å²) < 4.78 is 0. The Morgan fingerprint density at radius 3 is 3.06 bits per heavy atom. The van der Waals surface area contributed by atoms with Crippen LogP contribution in [0.3, 0.4) is 0 Å². The predicted octanol–water partition coefficient (Wildman–Crippen LogP) is 0.443. The van der Waals surface area contributed by atoms with Crippen LogP contribution in [0.5, 0.6) is 0 Å². The quantitative estimate of drug-likeness (QED) is 0.693. The van der Waals surface area contributed by atoms with E-state index in [0.29, 0.717) is 13.1 Å². The number of rotatable bonds is 3. The standard InChI is InChI=1S/C12H16N2O2/c15-8-7-13-11-5-6-14-12(16)10-4-2-1-3-9(10)11/h1-4,11,13,15H,5-8H2,(H,14,16). The van der Waals surface area contributed by atoms with Crippen LogP contribution in [0.15, 0.2) is 24.3 Å². The Labute approximate surface area is 94.7 Å². The van der Waals surface area contributed by atoms with E-state index in [1.807, 2.05) is 24.3 Å². The molecule has 1 heterocycles. The third-order valence-electron chi connectivity index (χ3n) is 2.80. The highest BCUT2D eigenvalue weighted by atomic mass is 16.3. The summed E-state index contributed by atoms with van der Waals surface area (Å²) in [5, 5.41) is 14.9. The third kappa shape index (κ3) is 2.23. The van der Waals surface area contributed by atoms with Crippen molar-refractivity contribution in [2.75, 3.05) is 19.7 Å². The second-order valence-electron chi connectivity index (χ2n) is 3.86. The molecule has 0 aliphatic carbocycles. The van der Waals surface area contributed by atoms with E-state index in [1.165, 1.54) is 0 Å². The van der Waals surface area contributed by atoms with Gasteiger partial charge in [0.1, 0.15) is 0 Å². The largest absolute Gasteiger partial charge is 0.395 e. The maximum absolute atomic E-state index is 11.7. The fraction of sp³-hybridized carbons (Fsp3) is 0.417. The molecule has 0 bridgehead atoms. The van der Waals surface area contributed by atoms with Crippen molar-refractivity contribution >= 4 is 5.91 Å². The number of fused-ring (bicyclic) bond motifs is 1. The number of benzene rings is 1. The molecular weight excluding hydrogens is 204 g/mol. The van der Waals surface area contributed by atoms with E-state index in [1.54, 1.807) is 0 Å². The van der Waals surface area contributed by atoms with Crippen molar-refractivity contribution in [1.82, 2.24) is 10.6 Å². The van der Waals surface area contributed by atoms with Crippen molar-refractivity contribution in [3.63, 3.8) is 0 Å². The molecule has 1 aromatic rings. The first-order valence-corrected chi connectivity index (χ1v) is 5.54. The lowest BCUT2D eigenvalue weighted by atomic mass is 9.99. The number of aliphatic hydroxyl groups is 1. The summed E-state index contributed by atoms with van der Waals surface area (Å²) in [4.78, 5) is 11.7. The average molecular weight is 220 g/mol. The molecule has 0 spiro atoms. The highest BCUT2D eigenvalue weighted by molar-refractivity contribution is 5.96. The van der Waals surface area contributed by atoms with Crippen LogP contribution in [0.1, 0.15) is 28.4 Å². The van der Waals surface area contributed by atoms with Crippen LogP contribution in [-0.2, 0) is 0 Å². The van der Waals surface area contributed by atoms with E-state index in [-0.39, 0.29) is 18.6 Å². The summed E-state index contributed by atoms with van der Waals surface area (Å²) in [6, 6.07) is 7.75. The van der Waals surface area contributed by atoms with Gasteiger partial charge in [-0.2, -0.15) is 0 Å². The fourth-order valence-corrected chi connectivity index (χ4v) is 2.04. The molecule has 1 unspecified atom stereocenters. The SMILES string of the molecule is O=C1NCCC(NCCO)c2ccccc21. The van der Waals surface area contributed by atoms with Crippen LogP contribution in [0.2, 0.25) is 0 Å². The van der Waals surface area contributed by atoms with Gasteiger partial charge in [0.2, 0.25) is 0 Å². The first-order valence-electron chi connectivity index (χ1n) is 5.54. The Kier molecular flexibility index (Phi) is 3.54. The second kappa shape index (κ2) is 5.09. The van der Waals surface area contributed by atoms with Crippen LogP contribution in [0.4, 0.5) is 0 Å². The van der Waals surface area contributed by atoms with Crippen LogP contribution >= 0.6 is 0 Å². The minimum Gasteiger partial charge on any atom is -0.395 e. The molecule has 0 saturated carbocycles. The number of amides is 1. The fourth-order valence-electron chi connectivity index (χ4n) is 2.04. The number of aliphatic hydroxyl groups excluding tert-OH is 1. The highest BCUT2D eigenvalue weighted by Crippen LogP contribution is 2.22. The Bertz CT molecular complexity index is 379. The molecule has 0 saturated heterocycles. The van der Waals surface area contributed by atoms with E-state index in [9.17, 15) is 4.79 Å². The molecule has 0 radical (unpaired) electrons. The normalized spacial score (nSPS) is 19.8. The van der Waals surface area contributed by atoms with Crippen molar-refractivity contribution in [2.45, 2.75) is 12.5 Å². The molecule has 0 fully saturated rings. The molecule has 0 aromatic heterocycles. The number of nitrogens with one attached hydrogen (secondary N) is 2. The molecule has 4 nitrogen and oxygen atoms in total. The molecule has 1 atom stereocenters. The third-order valence-corrected chi connectivity index (χ3v) is 2.80. The van der Waals surface area contributed by atoms with E-state index in [4.69, 9.17) is 5.11 Å². The lowest BCUT2D eigenvalue weighted by Crippen LogP contribution is -2.26. The summed E-state index contributed by atoms with van der Waals surface area (Å²) in [6.07, 6.45) is 0.850. The Morgan fingerprint density at radius 1 is 1.44 bits per heavy atom. The van der Waals surface area contributed by atoms with Crippen LogP contribution in [0.25, 0.3) is 0 Å². The van der Waals surface area contributed by atoms with Gasteiger partial charge in [0.15, 0.2) is 0 Å². The molecule has 1 amide bonds. The Morgan fingerprint density at radius 2 is 2.25 bits per heavy atom. The maximum atomic E-state index is 11.7. The van der Waals surface area contributed by atoms with Crippen LogP contribution in [-0.4, -0.2) is 30.7 Å². The molecular formula is C12H16N2O2. The number of hydrogen-bond acceptors (Lipinski definition) is 3. The molecule has 1 aliphatic rings. The maximum Gasteiger partial charge on any atom is 0.251 e. The van der Waals surface area contributed by atoms with E-state index in [2.05, 4.69) is 10.6 Å². The van der Waals surface area contributed by atoms with E-state index < -0.39 is 0 Å². The molecule has 3 N–H and O–H groups in total. The van der Waals surface area contributed by atoms with Crippen molar-refractivity contribution in [3.8, 4) is 0 Å². The van der Waals surface area contributed by atoms with Gasteiger partial charge in [-0.25, -0.2) is 0 Å². The van der Waals surface area contributed by atoms with E-state index >= 15 is 0 Å². The topological polar surface area (TPSA) is 61.4 Å². The average Bonchev–Trinajstić information content (AvgIpc) is 2.47. The lowest BCUT2D eigenvalue weighted by molar-refractivity contribution is 0.0956. The number of carbonyl (C=O) groups excluding carboxylic acids is 1. The lowest BCUT2D eigenvalue weighted by Gasteiger charge is -2.17. The van der Waals surface area contributed by atoms with Crippen molar-refractivity contribution < 1.29 is 9.90 Å². The van der Waals surface area contributed by atoms with E-state index in [0.717, 1.165) is 17.5 Å². The first-order chi connectivity index (χ1) is 7.83. The molecule has 86 valence electrons. The van der Waals surface area contributed by atoms with Crippen LogP contribution in [0, 0.1) is 0 Å². The van der Waals surface area contributed by atoms with Crippen molar-refractivity contribution in [1.29, 1.82) is 0 Å². The minimum atomic E-state index is -0.0103. The zero-order valence-electron chi connectivity index (χ0n) is 9.07. The number of carbonyl (C=O) groups is 1. The van der Waals surface area contributed by atoms with Gasteiger partial charge in [-0.15, -0.1) is 0 Å². The first kappa shape index (κ1) is 11.1. The Balaban J connectivity index is 2.27. The predicted molar refractivity (Wildman–Crippen MR) is 61.2 cm³/mol. The van der Waals surface area contributed by atoms with Gasteiger partial charge in [0.25, 0.3) is 5.91 Å². The van der Waals surface area contributed by atoms with Gasteiger partial charge in [0.05, 0.1) is 6.61 Å². The second-order valence-corrected chi connectivity index (χ2v) is 3.86. The summed E-state index contributed by atoms with van der Waals surface area (Å²) in [5.74, 6) is -0.0103. The summed E-state index contributed by atoms with van der Waals surface area (Å²) in [5.41, 5.74) is 1.75. The molecule has 2 rings (SSSR count). The summed E-state index contributed by atoms with van der Waals surface area (Å²) >= 11 is 0. The minimum absolute atomic E-state index is 0.0103. The Hall–Kier alpha value is -1.39. The van der Waals surface area contributed by atoms with Crippen molar-refractivity contribution in [2.24, 2.45) is 0 Å². The van der Waals surface area contributed by atoms with Gasteiger partial charge >= 0.3 is 0 Å². The zero-order valence-corrected chi connectivity index (χ0v) is 9.07. The van der Waals surface area contributed by atoms with Gasteiger partial charge in [-0.1, -0.05) is 18.2 Å². The molecule has 16 heavy (non-hydrogen) atoms. The van der Waals surface area contributed by atoms with Crippen LogP contribution < -0.4 is 10.6 Å². The number of hydrogen-bond donors (Lipinski definition) is 3. The van der Waals surface area contributed by atoms with Gasteiger partial charge < -0.3 is 15.7 Å². The smallest absolute Gasteiger partial charge is 0.251 e. The van der Waals surface area contributed by atoms with Gasteiger partial charge in [-0.3, -0.25) is 4.79 Å². The van der Waals surface area contributed by atoms with Gasteiger partial charge in [-0.05, 0) is 18.1 Å². The molecule has 1 aliphatic heterocycles. The zero-order chi connectivity index (χ0) is 11.4. The van der Waals surface area contributed by atoms with Gasteiger partial charge in [0, 0.05) is 24.7 Å². The molecule has 1 aromatic carbocycles. The summed E-state index contributed by atoms with van der Waals surface area (Å²) in [6.45, 7) is 1.32. The highest BCUT2D eigenvalue weighted by Gasteiger charge is 2.21. The van der Waals surface area contributed by atoms with Crippen molar-refractivity contribution in [3.05, 3.63) is 35.4 Å².